The molecular formula is C20H21N5OS2. The minimum absolute atomic E-state index is 0.0376. The highest BCUT2D eigenvalue weighted by atomic mass is 32.2. The molecule has 1 aliphatic rings. The largest absolute Gasteiger partial charge is 0.370 e. The van der Waals surface area contributed by atoms with Crippen LogP contribution in [0.3, 0.4) is 0 Å². The molecule has 0 unspecified atom stereocenters. The van der Waals surface area contributed by atoms with Gasteiger partial charge in [-0.25, -0.2) is 0 Å². The molecule has 4 rings (SSSR count). The minimum Gasteiger partial charge on any atom is -0.370 e. The van der Waals surface area contributed by atoms with E-state index in [1.807, 2.05) is 48.5 Å². The van der Waals surface area contributed by atoms with Crippen molar-refractivity contribution in [3.63, 3.8) is 0 Å². The van der Waals surface area contributed by atoms with Gasteiger partial charge in [-0.3, -0.25) is 4.79 Å². The average molecular weight is 412 g/mol. The van der Waals surface area contributed by atoms with Gasteiger partial charge in [0.25, 0.3) is 0 Å². The van der Waals surface area contributed by atoms with Crippen LogP contribution in [0.25, 0.3) is 0 Å². The lowest BCUT2D eigenvalue weighted by molar-refractivity contribution is -0.113. The number of nitrogens with one attached hydrogen (secondary N) is 2. The number of aromatic nitrogens is 2. The van der Waals surface area contributed by atoms with E-state index in [4.69, 9.17) is 0 Å². The van der Waals surface area contributed by atoms with Gasteiger partial charge in [-0.05, 0) is 37.1 Å². The molecule has 2 aromatic carbocycles. The van der Waals surface area contributed by atoms with Crippen LogP contribution in [0.1, 0.15) is 12.8 Å². The number of rotatable bonds is 7. The molecule has 3 aromatic rings. The van der Waals surface area contributed by atoms with E-state index in [1.165, 1.54) is 35.9 Å². The maximum absolute atomic E-state index is 12.4. The van der Waals surface area contributed by atoms with E-state index in [2.05, 4.69) is 31.8 Å². The van der Waals surface area contributed by atoms with Crippen molar-refractivity contribution >= 4 is 51.2 Å². The van der Waals surface area contributed by atoms with Gasteiger partial charge in [0, 0.05) is 18.8 Å². The Morgan fingerprint density at radius 3 is 2.61 bits per heavy atom. The van der Waals surface area contributed by atoms with Gasteiger partial charge in [0.05, 0.1) is 17.1 Å². The van der Waals surface area contributed by atoms with Gasteiger partial charge in [0.15, 0.2) is 4.34 Å². The monoisotopic (exact) mass is 411 g/mol. The summed E-state index contributed by atoms with van der Waals surface area (Å²) in [6.45, 7) is 2.09. The van der Waals surface area contributed by atoms with Crippen molar-refractivity contribution in [2.24, 2.45) is 0 Å². The first-order chi connectivity index (χ1) is 13.8. The van der Waals surface area contributed by atoms with Crippen molar-refractivity contribution < 1.29 is 4.79 Å². The molecule has 1 aromatic heterocycles. The van der Waals surface area contributed by atoms with Crippen LogP contribution < -0.4 is 15.5 Å². The Morgan fingerprint density at radius 1 is 1.04 bits per heavy atom. The molecule has 1 fully saturated rings. The number of hydrogen-bond acceptors (Lipinski definition) is 7. The van der Waals surface area contributed by atoms with Gasteiger partial charge < -0.3 is 15.5 Å². The Morgan fingerprint density at radius 2 is 1.79 bits per heavy atom. The van der Waals surface area contributed by atoms with Crippen LogP contribution in [0.4, 0.5) is 22.2 Å². The van der Waals surface area contributed by atoms with Crippen molar-refractivity contribution in [1.82, 2.24) is 10.2 Å². The van der Waals surface area contributed by atoms with E-state index in [9.17, 15) is 4.79 Å². The third-order valence-corrected chi connectivity index (χ3v) is 6.36. The molecule has 0 bridgehead atoms. The van der Waals surface area contributed by atoms with Gasteiger partial charge in [0.1, 0.15) is 0 Å². The van der Waals surface area contributed by atoms with E-state index >= 15 is 0 Å². The lowest BCUT2D eigenvalue weighted by Gasteiger charge is -2.21. The van der Waals surface area contributed by atoms with Crippen LogP contribution in [0.15, 0.2) is 58.9 Å². The van der Waals surface area contributed by atoms with E-state index in [-0.39, 0.29) is 5.91 Å². The highest BCUT2D eigenvalue weighted by molar-refractivity contribution is 8.01. The first-order valence-corrected chi connectivity index (χ1v) is 11.0. The molecule has 0 saturated carbocycles. The van der Waals surface area contributed by atoms with E-state index in [0.29, 0.717) is 10.9 Å². The van der Waals surface area contributed by atoms with Crippen LogP contribution in [-0.2, 0) is 4.79 Å². The number of carbonyl (C=O) groups is 1. The second kappa shape index (κ2) is 9.07. The van der Waals surface area contributed by atoms with Crippen LogP contribution in [0, 0.1) is 0 Å². The number of benzene rings is 2. The van der Waals surface area contributed by atoms with E-state index in [0.717, 1.165) is 34.5 Å². The van der Waals surface area contributed by atoms with E-state index < -0.39 is 0 Å². The van der Waals surface area contributed by atoms with E-state index in [1.54, 1.807) is 0 Å². The number of para-hydroxylation sites is 3. The molecule has 1 aliphatic heterocycles. The third-order valence-electron chi connectivity index (χ3n) is 4.38. The quantitative estimate of drug-likeness (QED) is 0.553. The van der Waals surface area contributed by atoms with Crippen molar-refractivity contribution in [1.29, 1.82) is 0 Å². The lowest BCUT2D eigenvalue weighted by Crippen LogP contribution is -2.21. The minimum atomic E-state index is -0.0376. The summed E-state index contributed by atoms with van der Waals surface area (Å²) in [5, 5.41) is 15.3. The molecule has 2 heterocycles. The van der Waals surface area contributed by atoms with Gasteiger partial charge >= 0.3 is 0 Å². The van der Waals surface area contributed by atoms with Crippen molar-refractivity contribution in [3.05, 3.63) is 54.6 Å². The number of hydrogen-bond donors (Lipinski definition) is 2. The Balaban J connectivity index is 1.32. The Bertz CT molecular complexity index is 925. The standard InChI is InChI=1S/C20H21N5OS2/c26-18(22-16-10-4-5-11-17(16)25-12-6-7-13-25)14-27-20-24-23-19(28-20)21-15-8-2-1-3-9-15/h1-5,8-11H,6-7,12-14H2,(H,21,23)(H,22,26). The normalized spacial score (nSPS) is 13.5. The smallest absolute Gasteiger partial charge is 0.234 e. The molecule has 144 valence electrons. The summed E-state index contributed by atoms with van der Waals surface area (Å²) in [7, 11) is 0. The average Bonchev–Trinajstić information content (AvgIpc) is 3.40. The molecule has 1 saturated heterocycles. The molecule has 0 aliphatic carbocycles. The van der Waals surface area contributed by atoms with Crippen molar-refractivity contribution in [3.8, 4) is 0 Å². The summed E-state index contributed by atoms with van der Waals surface area (Å²) in [5.74, 6) is 0.262. The number of thioether (sulfide) groups is 1. The number of nitrogens with zero attached hydrogens (tertiary/aromatic N) is 3. The molecule has 6 nitrogen and oxygen atoms in total. The topological polar surface area (TPSA) is 70.1 Å². The zero-order chi connectivity index (χ0) is 19.2. The maximum Gasteiger partial charge on any atom is 0.234 e. The molecule has 0 atom stereocenters. The Hall–Kier alpha value is -2.58. The fraction of sp³-hybridized carbons (Fsp3) is 0.250. The summed E-state index contributed by atoms with van der Waals surface area (Å²) in [4.78, 5) is 14.8. The van der Waals surface area contributed by atoms with Crippen LogP contribution >= 0.6 is 23.1 Å². The maximum atomic E-state index is 12.4. The van der Waals surface area contributed by atoms with Crippen LogP contribution in [0.5, 0.6) is 0 Å². The van der Waals surface area contributed by atoms with Crippen molar-refractivity contribution in [2.45, 2.75) is 17.2 Å². The summed E-state index contributed by atoms with van der Waals surface area (Å²) in [6.07, 6.45) is 2.41. The second-order valence-corrected chi connectivity index (χ2v) is 8.61. The first kappa shape index (κ1) is 18.8. The Labute approximate surface area is 172 Å². The molecule has 2 N–H and O–H groups in total. The number of anilines is 4. The second-order valence-electron chi connectivity index (χ2n) is 6.41. The van der Waals surface area contributed by atoms with Crippen LogP contribution in [0.2, 0.25) is 0 Å². The highest BCUT2D eigenvalue weighted by Crippen LogP contribution is 2.30. The first-order valence-electron chi connectivity index (χ1n) is 9.20. The number of carbonyl (C=O) groups excluding carboxylic acids is 1. The fourth-order valence-corrected chi connectivity index (χ4v) is 4.66. The molecular weight excluding hydrogens is 390 g/mol. The summed E-state index contributed by atoms with van der Waals surface area (Å²) in [6, 6.07) is 17.8. The summed E-state index contributed by atoms with van der Waals surface area (Å²) in [5.41, 5.74) is 2.94. The summed E-state index contributed by atoms with van der Waals surface area (Å²) >= 11 is 2.84. The molecule has 28 heavy (non-hydrogen) atoms. The van der Waals surface area contributed by atoms with Crippen LogP contribution in [-0.4, -0.2) is 34.9 Å². The van der Waals surface area contributed by atoms with Crippen molar-refractivity contribution in [2.75, 3.05) is 34.4 Å². The number of amides is 1. The summed E-state index contributed by atoms with van der Waals surface area (Å²) < 4.78 is 0.765. The zero-order valence-corrected chi connectivity index (χ0v) is 16.9. The highest BCUT2D eigenvalue weighted by Gasteiger charge is 2.17. The molecule has 0 spiro atoms. The SMILES string of the molecule is O=C(CSc1nnc(Nc2ccccc2)s1)Nc1ccccc1N1CCCC1. The predicted molar refractivity (Wildman–Crippen MR) is 117 cm³/mol. The zero-order valence-electron chi connectivity index (χ0n) is 15.3. The molecule has 1 amide bonds. The van der Waals surface area contributed by atoms with Gasteiger partial charge in [-0.15, -0.1) is 10.2 Å². The lowest BCUT2D eigenvalue weighted by atomic mass is 10.2. The van der Waals surface area contributed by atoms with Gasteiger partial charge in [-0.1, -0.05) is 53.4 Å². The van der Waals surface area contributed by atoms with Gasteiger partial charge in [0.2, 0.25) is 11.0 Å². The Kier molecular flexibility index (Phi) is 6.08. The third kappa shape index (κ3) is 4.82. The fourth-order valence-electron chi connectivity index (χ4n) is 3.09. The molecule has 0 radical (unpaired) electrons. The van der Waals surface area contributed by atoms with Gasteiger partial charge in [-0.2, -0.15) is 0 Å². The molecule has 8 heteroatoms. The predicted octanol–water partition coefficient (Wildman–Crippen LogP) is 4.61.